The Bertz CT molecular complexity index is 717. The summed E-state index contributed by atoms with van der Waals surface area (Å²) in [5.41, 5.74) is 1.05. The highest BCUT2D eigenvalue weighted by molar-refractivity contribution is 6.40. The lowest BCUT2D eigenvalue weighted by molar-refractivity contribution is 0.0696. The third-order valence-electron chi connectivity index (χ3n) is 2.79. The number of hydrogen-bond acceptors (Lipinski definition) is 3. The van der Waals surface area contributed by atoms with Gasteiger partial charge >= 0.3 is 5.97 Å². The molecule has 0 aliphatic heterocycles. The van der Waals surface area contributed by atoms with E-state index in [1.807, 2.05) is 0 Å². The Labute approximate surface area is 130 Å². The van der Waals surface area contributed by atoms with Crippen molar-refractivity contribution < 1.29 is 14.7 Å². The zero-order valence-electron chi connectivity index (χ0n) is 11.1. The summed E-state index contributed by atoms with van der Waals surface area (Å²) in [6.45, 7) is 1.70. The van der Waals surface area contributed by atoms with Crippen LogP contribution in [-0.2, 0) is 7.05 Å². The molecule has 0 aliphatic rings. The second kappa shape index (κ2) is 5.75. The minimum Gasteiger partial charge on any atom is -0.478 e. The van der Waals surface area contributed by atoms with Crippen LogP contribution in [0.5, 0.6) is 0 Å². The van der Waals surface area contributed by atoms with Crippen molar-refractivity contribution in [2.45, 2.75) is 6.92 Å². The van der Waals surface area contributed by atoms with Crippen LogP contribution >= 0.6 is 23.2 Å². The molecule has 2 aromatic rings. The van der Waals surface area contributed by atoms with Crippen LogP contribution in [0.2, 0.25) is 10.0 Å². The summed E-state index contributed by atoms with van der Waals surface area (Å²) in [4.78, 5) is 23.1. The minimum atomic E-state index is -1.15. The highest BCUT2D eigenvalue weighted by Crippen LogP contribution is 2.32. The van der Waals surface area contributed by atoms with Crippen LogP contribution in [0.3, 0.4) is 0 Å². The van der Waals surface area contributed by atoms with Crippen LogP contribution in [0.1, 0.15) is 26.4 Å². The van der Waals surface area contributed by atoms with Gasteiger partial charge in [-0.2, -0.15) is 5.10 Å². The first-order chi connectivity index (χ1) is 9.79. The van der Waals surface area contributed by atoms with E-state index in [2.05, 4.69) is 10.4 Å². The molecule has 1 aromatic carbocycles. The number of amides is 1. The topological polar surface area (TPSA) is 84.2 Å². The van der Waals surface area contributed by atoms with E-state index < -0.39 is 11.9 Å². The maximum absolute atomic E-state index is 12.2. The molecule has 2 N–H and O–H groups in total. The molecule has 0 atom stereocenters. The van der Waals surface area contributed by atoms with E-state index in [9.17, 15) is 9.59 Å². The molecule has 0 radical (unpaired) electrons. The van der Waals surface area contributed by atoms with Gasteiger partial charge in [0.15, 0.2) is 0 Å². The molecule has 0 saturated heterocycles. The first-order valence-corrected chi connectivity index (χ1v) is 6.59. The number of nitrogens with one attached hydrogen (secondary N) is 1. The average molecular weight is 328 g/mol. The smallest absolute Gasteiger partial charge is 0.335 e. The Balaban J connectivity index is 2.34. The van der Waals surface area contributed by atoms with Crippen molar-refractivity contribution in [1.29, 1.82) is 0 Å². The summed E-state index contributed by atoms with van der Waals surface area (Å²) in [5.74, 6) is -1.58. The van der Waals surface area contributed by atoms with Gasteiger partial charge in [-0.1, -0.05) is 23.2 Å². The second-order valence-corrected chi connectivity index (χ2v) is 5.19. The number of carboxylic acid groups (broad SMARTS) is 1. The number of carbonyl (C=O) groups is 2. The van der Waals surface area contributed by atoms with E-state index in [1.165, 1.54) is 16.8 Å². The van der Waals surface area contributed by atoms with Gasteiger partial charge < -0.3 is 10.4 Å². The number of benzene rings is 1. The van der Waals surface area contributed by atoms with E-state index >= 15 is 0 Å². The van der Waals surface area contributed by atoms with Crippen molar-refractivity contribution in [2.75, 3.05) is 5.32 Å². The fourth-order valence-corrected chi connectivity index (χ4v) is 2.40. The van der Waals surface area contributed by atoms with E-state index in [4.69, 9.17) is 28.3 Å². The van der Waals surface area contributed by atoms with Gasteiger partial charge in [-0.3, -0.25) is 9.48 Å². The Kier molecular flexibility index (Phi) is 4.20. The lowest BCUT2D eigenvalue weighted by Crippen LogP contribution is -2.13. The number of carboxylic acids is 1. The molecular formula is C13H11Cl2N3O3. The van der Waals surface area contributed by atoms with Gasteiger partial charge in [-0.25, -0.2) is 4.79 Å². The summed E-state index contributed by atoms with van der Waals surface area (Å²) in [6, 6.07) is 2.45. The normalized spacial score (nSPS) is 10.5. The van der Waals surface area contributed by atoms with E-state index in [0.717, 1.165) is 0 Å². The first kappa shape index (κ1) is 15.3. The number of aryl methyl sites for hydroxylation is 2. The van der Waals surface area contributed by atoms with Gasteiger partial charge in [0.25, 0.3) is 5.91 Å². The van der Waals surface area contributed by atoms with Crippen molar-refractivity contribution in [3.05, 3.63) is 45.2 Å². The van der Waals surface area contributed by atoms with Crippen LogP contribution in [0.25, 0.3) is 0 Å². The van der Waals surface area contributed by atoms with Gasteiger partial charge in [-0.15, -0.1) is 0 Å². The number of aromatic carboxylic acids is 1. The number of anilines is 1. The van der Waals surface area contributed by atoms with Crippen molar-refractivity contribution in [3.8, 4) is 0 Å². The third-order valence-corrected chi connectivity index (χ3v) is 3.38. The maximum atomic E-state index is 12.2. The summed E-state index contributed by atoms with van der Waals surface area (Å²) in [7, 11) is 1.70. The summed E-state index contributed by atoms with van der Waals surface area (Å²) in [6.07, 6.45) is 1.57. The Morgan fingerprint density at radius 3 is 2.29 bits per heavy atom. The molecule has 0 bridgehead atoms. The molecule has 2 rings (SSSR count). The Hall–Kier alpha value is -2.05. The predicted molar refractivity (Wildman–Crippen MR) is 79.3 cm³/mol. The molecule has 0 spiro atoms. The van der Waals surface area contributed by atoms with E-state index in [1.54, 1.807) is 20.2 Å². The maximum Gasteiger partial charge on any atom is 0.335 e. The highest BCUT2D eigenvalue weighted by Gasteiger charge is 2.17. The quantitative estimate of drug-likeness (QED) is 0.907. The number of carbonyl (C=O) groups excluding carboxylic acids is 1. The highest BCUT2D eigenvalue weighted by atomic mass is 35.5. The second-order valence-electron chi connectivity index (χ2n) is 4.38. The third kappa shape index (κ3) is 3.17. The lowest BCUT2D eigenvalue weighted by Gasteiger charge is -2.10. The van der Waals surface area contributed by atoms with Crippen LogP contribution in [0, 0.1) is 6.92 Å². The van der Waals surface area contributed by atoms with Crippen molar-refractivity contribution in [1.82, 2.24) is 9.78 Å². The molecule has 0 saturated carbocycles. The fraction of sp³-hybridized carbons (Fsp3) is 0.154. The standard InChI is InChI=1S/C13H11Cl2N3O3/c1-6-8(5-18(2)17-6)12(19)16-11-9(14)3-7(13(20)21)4-10(11)15/h3-5H,1-2H3,(H,16,19)(H,20,21). The molecule has 1 heterocycles. The molecule has 6 nitrogen and oxygen atoms in total. The fourth-order valence-electron chi connectivity index (χ4n) is 1.82. The van der Waals surface area contributed by atoms with Crippen LogP contribution in [0.4, 0.5) is 5.69 Å². The van der Waals surface area contributed by atoms with Crippen LogP contribution < -0.4 is 5.32 Å². The number of rotatable bonds is 3. The SMILES string of the molecule is Cc1nn(C)cc1C(=O)Nc1c(Cl)cc(C(=O)O)cc1Cl. The molecule has 1 aromatic heterocycles. The van der Waals surface area contributed by atoms with Gasteiger partial charge in [0.2, 0.25) is 0 Å². The molecule has 21 heavy (non-hydrogen) atoms. The first-order valence-electron chi connectivity index (χ1n) is 5.83. The largest absolute Gasteiger partial charge is 0.478 e. The number of nitrogens with zero attached hydrogens (tertiary/aromatic N) is 2. The van der Waals surface area contributed by atoms with Crippen molar-refractivity contribution >= 4 is 40.8 Å². The summed E-state index contributed by atoms with van der Waals surface area (Å²) >= 11 is 11.9. The molecule has 0 aliphatic carbocycles. The van der Waals surface area contributed by atoms with Gasteiger partial charge in [0.05, 0.1) is 32.6 Å². The number of hydrogen-bond donors (Lipinski definition) is 2. The molecule has 1 amide bonds. The molecule has 0 unspecified atom stereocenters. The monoisotopic (exact) mass is 327 g/mol. The van der Waals surface area contributed by atoms with Crippen LogP contribution in [0.15, 0.2) is 18.3 Å². The number of aromatic nitrogens is 2. The summed E-state index contributed by atoms with van der Waals surface area (Å²) < 4.78 is 1.51. The molecule has 0 fully saturated rings. The zero-order chi connectivity index (χ0) is 15.7. The Morgan fingerprint density at radius 1 is 1.29 bits per heavy atom. The van der Waals surface area contributed by atoms with Gasteiger partial charge in [-0.05, 0) is 19.1 Å². The minimum absolute atomic E-state index is 0.0507. The molecule has 8 heteroatoms. The summed E-state index contributed by atoms with van der Waals surface area (Å²) in [5, 5.41) is 15.6. The van der Waals surface area contributed by atoms with E-state index in [-0.39, 0.29) is 21.3 Å². The van der Waals surface area contributed by atoms with Crippen LogP contribution in [-0.4, -0.2) is 26.8 Å². The van der Waals surface area contributed by atoms with Gasteiger partial charge in [0, 0.05) is 13.2 Å². The lowest BCUT2D eigenvalue weighted by atomic mass is 10.2. The average Bonchev–Trinajstić information content (AvgIpc) is 2.72. The molecular weight excluding hydrogens is 317 g/mol. The van der Waals surface area contributed by atoms with E-state index in [0.29, 0.717) is 11.3 Å². The number of halogens is 2. The Morgan fingerprint density at radius 2 is 1.86 bits per heavy atom. The predicted octanol–water partition coefficient (Wildman–Crippen LogP) is 2.99. The van der Waals surface area contributed by atoms with Crippen molar-refractivity contribution in [3.63, 3.8) is 0 Å². The van der Waals surface area contributed by atoms with Crippen molar-refractivity contribution in [2.24, 2.45) is 7.05 Å². The zero-order valence-corrected chi connectivity index (χ0v) is 12.7. The van der Waals surface area contributed by atoms with Gasteiger partial charge in [0.1, 0.15) is 0 Å². The molecule has 110 valence electrons.